The number of aryl methyl sites for hydroxylation is 1. The molecule has 0 aliphatic heterocycles. The van der Waals surface area contributed by atoms with Gasteiger partial charge in [0.25, 0.3) is 5.91 Å². The maximum Gasteiger partial charge on any atom is 0.264 e. The Labute approximate surface area is 204 Å². The van der Waals surface area contributed by atoms with E-state index in [1.54, 1.807) is 11.0 Å². The van der Waals surface area contributed by atoms with E-state index >= 15 is 0 Å². The smallest absolute Gasteiger partial charge is 0.264 e. The van der Waals surface area contributed by atoms with Crippen LogP contribution in [0.5, 0.6) is 0 Å². The van der Waals surface area contributed by atoms with Crippen LogP contribution >= 0.6 is 0 Å². The Morgan fingerprint density at radius 2 is 1.62 bits per heavy atom. The van der Waals surface area contributed by atoms with Crippen LogP contribution in [0, 0.1) is 42.9 Å². The van der Waals surface area contributed by atoms with Gasteiger partial charge in [0.05, 0.1) is 0 Å². The normalized spacial score (nSPS) is 27.6. The van der Waals surface area contributed by atoms with E-state index in [-0.39, 0.29) is 11.5 Å². The van der Waals surface area contributed by atoms with Gasteiger partial charge in [0.15, 0.2) is 0 Å². The van der Waals surface area contributed by atoms with Crippen LogP contribution in [0.4, 0.5) is 0 Å². The molecule has 0 saturated heterocycles. The van der Waals surface area contributed by atoms with Crippen molar-refractivity contribution in [1.29, 1.82) is 5.26 Å². The van der Waals surface area contributed by atoms with Crippen LogP contribution in [-0.2, 0) is 10.2 Å². The predicted octanol–water partition coefficient (Wildman–Crippen LogP) is 6.34. The highest BCUT2D eigenvalue weighted by molar-refractivity contribution is 6.01. The molecule has 2 aromatic rings. The monoisotopic (exact) mass is 455 g/mol. The fraction of sp³-hybridized carbons (Fsp3) is 0.533. The number of benzene rings is 1. The van der Waals surface area contributed by atoms with E-state index in [2.05, 4.69) is 54.8 Å². The third-order valence-corrected chi connectivity index (χ3v) is 8.95. The van der Waals surface area contributed by atoms with Crippen LogP contribution in [0.25, 0.3) is 11.8 Å². The van der Waals surface area contributed by atoms with Gasteiger partial charge in [-0.1, -0.05) is 12.1 Å². The van der Waals surface area contributed by atoms with Crippen molar-refractivity contribution in [3.05, 3.63) is 58.4 Å². The van der Waals surface area contributed by atoms with Crippen molar-refractivity contribution in [3.8, 4) is 11.8 Å². The molecule has 4 bridgehead atoms. The molecular formula is C30H37N3O. The number of nitrogens with zero attached hydrogens (tertiary/aromatic N) is 3. The van der Waals surface area contributed by atoms with Gasteiger partial charge in [-0.15, -0.1) is 0 Å². The second-order valence-electron chi connectivity index (χ2n) is 11.1. The van der Waals surface area contributed by atoms with Crippen molar-refractivity contribution in [3.63, 3.8) is 0 Å². The highest BCUT2D eigenvalue weighted by Crippen LogP contribution is 2.60. The summed E-state index contributed by atoms with van der Waals surface area (Å²) < 4.78 is 2.24. The molecule has 1 amide bonds. The summed E-state index contributed by atoms with van der Waals surface area (Å²) in [5.41, 5.74) is 6.39. The molecule has 1 heterocycles. The Bertz CT molecular complexity index is 1120. The van der Waals surface area contributed by atoms with Gasteiger partial charge < -0.3 is 9.47 Å². The van der Waals surface area contributed by atoms with E-state index in [4.69, 9.17) is 0 Å². The molecule has 0 spiro atoms. The van der Waals surface area contributed by atoms with E-state index in [0.29, 0.717) is 18.5 Å². The van der Waals surface area contributed by atoms with Crippen LogP contribution in [0.3, 0.4) is 0 Å². The summed E-state index contributed by atoms with van der Waals surface area (Å²) in [7, 11) is 0. The highest BCUT2D eigenvalue weighted by atomic mass is 16.2. The number of amides is 1. The lowest BCUT2D eigenvalue weighted by atomic mass is 9.48. The second kappa shape index (κ2) is 8.77. The van der Waals surface area contributed by atoms with Crippen molar-refractivity contribution in [1.82, 2.24) is 9.47 Å². The zero-order valence-corrected chi connectivity index (χ0v) is 21.1. The van der Waals surface area contributed by atoms with Gasteiger partial charge in [-0.3, -0.25) is 4.79 Å². The third-order valence-electron chi connectivity index (χ3n) is 8.95. The number of hydrogen-bond acceptors (Lipinski definition) is 2. The van der Waals surface area contributed by atoms with Crippen molar-refractivity contribution >= 4 is 12.0 Å². The SMILES string of the molecule is CCN(CC)C(=O)/C(C#N)=C\c1cc(C)n(-c2ccc(C34CC5CC(CC(C5)C3)C4)cc2)c1C. The average molecular weight is 456 g/mol. The number of rotatable bonds is 6. The fourth-order valence-electron chi connectivity index (χ4n) is 7.74. The second-order valence-corrected chi connectivity index (χ2v) is 11.1. The first-order valence-electron chi connectivity index (χ1n) is 13.1. The summed E-state index contributed by atoms with van der Waals surface area (Å²) >= 11 is 0. The highest BCUT2D eigenvalue weighted by Gasteiger charge is 2.51. The zero-order valence-electron chi connectivity index (χ0n) is 21.1. The van der Waals surface area contributed by atoms with Gasteiger partial charge in [-0.2, -0.15) is 5.26 Å². The summed E-state index contributed by atoms with van der Waals surface area (Å²) in [5, 5.41) is 9.66. The number of aromatic nitrogens is 1. The summed E-state index contributed by atoms with van der Waals surface area (Å²) in [6.45, 7) is 9.25. The van der Waals surface area contributed by atoms with Crippen molar-refractivity contribution in [2.24, 2.45) is 17.8 Å². The maximum absolute atomic E-state index is 12.7. The van der Waals surface area contributed by atoms with E-state index in [9.17, 15) is 10.1 Å². The fourth-order valence-corrected chi connectivity index (χ4v) is 7.74. The van der Waals surface area contributed by atoms with Gasteiger partial charge in [-0.05, 0) is 125 Å². The Balaban J connectivity index is 1.43. The number of likely N-dealkylation sites (N-methyl/N-ethyl adjacent to an activating group) is 1. The first-order valence-corrected chi connectivity index (χ1v) is 13.1. The topological polar surface area (TPSA) is 49.0 Å². The molecular weight excluding hydrogens is 418 g/mol. The van der Waals surface area contributed by atoms with Gasteiger partial charge in [-0.25, -0.2) is 0 Å². The Hall–Kier alpha value is -2.80. The minimum atomic E-state index is -0.197. The summed E-state index contributed by atoms with van der Waals surface area (Å²) in [6.07, 6.45) is 10.3. The molecule has 1 aromatic carbocycles. The molecule has 0 N–H and O–H groups in total. The molecule has 0 atom stereocenters. The molecule has 4 nitrogen and oxygen atoms in total. The van der Waals surface area contributed by atoms with Gasteiger partial charge in [0.2, 0.25) is 0 Å². The minimum Gasteiger partial charge on any atom is -0.339 e. The first-order chi connectivity index (χ1) is 16.4. The molecule has 6 rings (SSSR count). The van der Waals surface area contributed by atoms with Crippen molar-refractivity contribution in [2.45, 2.75) is 71.6 Å². The van der Waals surface area contributed by atoms with Crippen LogP contribution in [-0.4, -0.2) is 28.5 Å². The molecule has 0 radical (unpaired) electrons. The Morgan fingerprint density at radius 3 is 2.12 bits per heavy atom. The molecule has 34 heavy (non-hydrogen) atoms. The molecule has 4 aliphatic carbocycles. The van der Waals surface area contributed by atoms with Gasteiger partial charge in [0, 0.05) is 30.2 Å². The molecule has 4 heteroatoms. The average Bonchev–Trinajstić information content (AvgIpc) is 3.10. The molecule has 4 fully saturated rings. The largest absolute Gasteiger partial charge is 0.339 e. The van der Waals surface area contributed by atoms with E-state index < -0.39 is 0 Å². The molecule has 1 aromatic heterocycles. The number of nitriles is 1. The number of hydrogen-bond donors (Lipinski definition) is 0. The van der Waals surface area contributed by atoms with Crippen molar-refractivity contribution < 1.29 is 4.79 Å². The molecule has 4 saturated carbocycles. The number of carbonyl (C=O) groups excluding carboxylic acids is 1. The lowest BCUT2D eigenvalue weighted by molar-refractivity contribution is -0.126. The summed E-state index contributed by atoms with van der Waals surface area (Å²) in [4.78, 5) is 14.4. The van der Waals surface area contributed by atoms with Crippen molar-refractivity contribution in [2.75, 3.05) is 13.1 Å². The van der Waals surface area contributed by atoms with Gasteiger partial charge >= 0.3 is 0 Å². The minimum absolute atomic E-state index is 0.195. The maximum atomic E-state index is 12.7. The van der Waals surface area contributed by atoms with E-state index in [1.807, 2.05) is 13.8 Å². The van der Waals surface area contributed by atoms with E-state index in [1.165, 1.54) is 44.1 Å². The Morgan fingerprint density at radius 1 is 1.06 bits per heavy atom. The number of carbonyl (C=O) groups is 1. The third kappa shape index (κ3) is 3.80. The predicted molar refractivity (Wildman–Crippen MR) is 137 cm³/mol. The summed E-state index contributed by atoms with van der Waals surface area (Å²) in [5.74, 6) is 2.64. The van der Waals surface area contributed by atoms with E-state index in [0.717, 1.165) is 40.4 Å². The quantitative estimate of drug-likeness (QED) is 0.377. The van der Waals surface area contributed by atoms with Crippen LogP contribution in [0.15, 0.2) is 35.9 Å². The van der Waals surface area contributed by atoms with Gasteiger partial charge in [0.1, 0.15) is 11.6 Å². The molecule has 178 valence electrons. The molecule has 0 unspecified atom stereocenters. The zero-order chi connectivity index (χ0) is 24.0. The summed E-state index contributed by atoms with van der Waals surface area (Å²) in [6, 6.07) is 13.5. The molecule has 4 aliphatic rings. The van der Waals surface area contributed by atoms with Crippen LogP contribution < -0.4 is 0 Å². The first kappa shape index (κ1) is 23.0. The lowest BCUT2D eigenvalue weighted by Crippen LogP contribution is -2.48. The van der Waals surface area contributed by atoms with Crippen LogP contribution in [0.1, 0.15) is 74.9 Å². The Kier molecular flexibility index (Phi) is 5.92. The lowest BCUT2D eigenvalue weighted by Gasteiger charge is -2.57. The van der Waals surface area contributed by atoms with Crippen LogP contribution in [0.2, 0.25) is 0 Å². The standard InChI is InChI=1S/C30H37N3O/c1-5-32(6-2)29(34)26(19-31)15-25-11-20(3)33(21(25)4)28-9-7-27(8-10-28)30-16-22-12-23(17-30)14-24(13-22)18-30/h7-11,15,22-24H,5-6,12-14,16-18H2,1-4H3/b26-15-.